The molecule has 0 aromatic rings. The van der Waals surface area contributed by atoms with E-state index in [1.165, 1.54) is 109 Å². The van der Waals surface area contributed by atoms with Gasteiger partial charge in [-0.25, -0.2) is 0 Å². The van der Waals surface area contributed by atoms with E-state index in [1.807, 2.05) is 0 Å². The lowest BCUT2D eigenvalue weighted by molar-refractivity contribution is 0.192. The Balaban J connectivity index is 0.000000477. The molecule has 1 heterocycles. The molecule has 1 fully saturated rings. The number of epoxide rings is 1. The van der Waals surface area contributed by atoms with E-state index in [0.717, 1.165) is 13.2 Å². The molecule has 1 saturated heterocycles. The molecule has 0 aromatic heterocycles. The summed E-state index contributed by atoms with van der Waals surface area (Å²) in [5.74, 6) is 0. The molecule has 0 saturated carbocycles. The third-order valence-corrected chi connectivity index (χ3v) is 4.98. The van der Waals surface area contributed by atoms with Gasteiger partial charge >= 0.3 is 0 Å². The smallest absolute Gasteiger partial charge is 0.0810 e. The first kappa shape index (κ1) is 24.9. The Labute approximate surface area is 159 Å². The monoisotopic (exact) mass is 356 g/mol. The summed E-state index contributed by atoms with van der Waals surface area (Å²) in [6.07, 6.45) is 24.4. The Bertz CT molecular complexity index is 218. The number of hydrogen-bond donors (Lipinski definition) is 0. The van der Waals surface area contributed by atoms with Crippen molar-refractivity contribution in [2.24, 2.45) is 0 Å². The Morgan fingerprint density at radius 3 is 1.44 bits per heavy atom. The van der Waals surface area contributed by atoms with Gasteiger partial charge in [0.05, 0.1) is 12.7 Å². The summed E-state index contributed by atoms with van der Waals surface area (Å²) in [5, 5.41) is 0. The van der Waals surface area contributed by atoms with Crippen molar-refractivity contribution in [3.05, 3.63) is 0 Å². The van der Waals surface area contributed by atoms with E-state index in [0.29, 0.717) is 6.10 Å². The first-order valence-corrected chi connectivity index (χ1v) is 11.5. The first-order valence-electron chi connectivity index (χ1n) is 11.5. The van der Waals surface area contributed by atoms with Crippen LogP contribution < -0.4 is 0 Å². The van der Waals surface area contributed by atoms with E-state index in [9.17, 15) is 0 Å². The van der Waals surface area contributed by atoms with Crippen molar-refractivity contribution in [1.82, 2.24) is 0 Å². The summed E-state index contributed by atoms with van der Waals surface area (Å²) in [7, 11) is 1.78. The van der Waals surface area contributed by atoms with Crippen LogP contribution in [0.4, 0.5) is 0 Å². The van der Waals surface area contributed by atoms with Crippen molar-refractivity contribution in [3.8, 4) is 0 Å². The van der Waals surface area contributed by atoms with Gasteiger partial charge in [-0.3, -0.25) is 0 Å². The fourth-order valence-electron chi connectivity index (χ4n) is 3.12. The topological polar surface area (TPSA) is 21.8 Å². The van der Waals surface area contributed by atoms with Crippen LogP contribution in [0.5, 0.6) is 0 Å². The molecule has 25 heavy (non-hydrogen) atoms. The minimum Gasteiger partial charge on any atom is -0.385 e. The van der Waals surface area contributed by atoms with Gasteiger partial charge in [-0.1, -0.05) is 110 Å². The zero-order valence-corrected chi connectivity index (χ0v) is 17.8. The van der Waals surface area contributed by atoms with Crippen molar-refractivity contribution in [3.63, 3.8) is 0 Å². The Morgan fingerprint density at radius 2 is 1.04 bits per heavy atom. The molecular formula is C23H48O2. The van der Waals surface area contributed by atoms with Crippen LogP contribution in [-0.2, 0) is 9.47 Å². The molecule has 1 aliphatic heterocycles. The standard InChI is InChI=1S/C12H24O2.C11H24/c1-13-10-8-6-4-2-3-5-7-9-12-11-14-12;1-3-5-7-9-11-10-8-6-4-2/h12H,2-11H2,1H3;3-11H2,1-2H3. The molecule has 0 amide bonds. The molecule has 0 bridgehead atoms. The minimum absolute atomic E-state index is 0.636. The van der Waals surface area contributed by atoms with Crippen LogP contribution in [0.1, 0.15) is 123 Å². The van der Waals surface area contributed by atoms with E-state index in [2.05, 4.69) is 13.8 Å². The van der Waals surface area contributed by atoms with E-state index >= 15 is 0 Å². The van der Waals surface area contributed by atoms with Crippen LogP contribution in [-0.4, -0.2) is 26.4 Å². The first-order chi connectivity index (χ1) is 12.3. The van der Waals surface area contributed by atoms with Gasteiger partial charge in [0.2, 0.25) is 0 Å². The molecule has 0 spiro atoms. The van der Waals surface area contributed by atoms with Gasteiger partial charge in [-0.15, -0.1) is 0 Å². The van der Waals surface area contributed by atoms with Crippen molar-refractivity contribution in [1.29, 1.82) is 0 Å². The Hall–Kier alpha value is -0.0800. The van der Waals surface area contributed by atoms with E-state index < -0.39 is 0 Å². The molecule has 0 radical (unpaired) electrons. The third-order valence-electron chi connectivity index (χ3n) is 4.98. The maximum atomic E-state index is 5.17. The summed E-state index contributed by atoms with van der Waals surface area (Å²) < 4.78 is 10.2. The van der Waals surface area contributed by atoms with Gasteiger partial charge in [0.25, 0.3) is 0 Å². The number of unbranched alkanes of at least 4 members (excludes halogenated alkanes) is 14. The highest BCUT2D eigenvalue weighted by Crippen LogP contribution is 2.18. The van der Waals surface area contributed by atoms with Crippen LogP contribution in [0.2, 0.25) is 0 Å². The van der Waals surface area contributed by atoms with E-state index in [4.69, 9.17) is 9.47 Å². The average molecular weight is 357 g/mol. The molecule has 1 atom stereocenters. The molecular weight excluding hydrogens is 308 g/mol. The lowest BCUT2D eigenvalue weighted by atomic mass is 10.1. The summed E-state index contributed by atoms with van der Waals surface area (Å²) in [6, 6.07) is 0. The molecule has 1 rings (SSSR count). The molecule has 2 heteroatoms. The Morgan fingerprint density at radius 1 is 0.640 bits per heavy atom. The maximum Gasteiger partial charge on any atom is 0.0810 e. The van der Waals surface area contributed by atoms with E-state index in [1.54, 1.807) is 7.11 Å². The van der Waals surface area contributed by atoms with Gasteiger partial charge in [-0.05, 0) is 12.8 Å². The van der Waals surface area contributed by atoms with Crippen molar-refractivity contribution in [2.75, 3.05) is 20.3 Å². The van der Waals surface area contributed by atoms with Crippen LogP contribution in [0, 0.1) is 0 Å². The highest BCUT2D eigenvalue weighted by molar-refractivity contribution is 4.68. The largest absolute Gasteiger partial charge is 0.385 e. The van der Waals surface area contributed by atoms with Crippen molar-refractivity contribution >= 4 is 0 Å². The number of methoxy groups -OCH3 is 1. The fourth-order valence-corrected chi connectivity index (χ4v) is 3.12. The molecule has 0 aliphatic carbocycles. The fraction of sp³-hybridized carbons (Fsp3) is 1.00. The number of rotatable bonds is 18. The Kier molecular flexibility index (Phi) is 21.9. The summed E-state index contributed by atoms with van der Waals surface area (Å²) in [4.78, 5) is 0. The second-order valence-corrected chi connectivity index (χ2v) is 7.69. The second-order valence-electron chi connectivity index (χ2n) is 7.69. The van der Waals surface area contributed by atoms with Crippen LogP contribution in [0.15, 0.2) is 0 Å². The maximum absolute atomic E-state index is 5.17. The average Bonchev–Trinajstić information content (AvgIpc) is 3.45. The van der Waals surface area contributed by atoms with Crippen LogP contribution in [0.25, 0.3) is 0 Å². The molecule has 0 N–H and O–H groups in total. The van der Waals surface area contributed by atoms with E-state index in [-0.39, 0.29) is 0 Å². The SMILES string of the molecule is CCCCCCCCCCC.COCCCCCCCCCC1CO1. The highest BCUT2D eigenvalue weighted by atomic mass is 16.6. The van der Waals surface area contributed by atoms with Gasteiger partial charge in [-0.2, -0.15) is 0 Å². The number of ether oxygens (including phenoxy) is 2. The van der Waals surface area contributed by atoms with Gasteiger partial charge in [0, 0.05) is 13.7 Å². The lowest BCUT2D eigenvalue weighted by Gasteiger charge is -2.01. The number of hydrogen-bond acceptors (Lipinski definition) is 2. The molecule has 2 nitrogen and oxygen atoms in total. The van der Waals surface area contributed by atoms with Crippen molar-refractivity contribution < 1.29 is 9.47 Å². The zero-order valence-electron chi connectivity index (χ0n) is 17.8. The summed E-state index contributed by atoms with van der Waals surface area (Å²) in [5.41, 5.74) is 0. The van der Waals surface area contributed by atoms with Crippen molar-refractivity contribution in [2.45, 2.75) is 129 Å². The lowest BCUT2D eigenvalue weighted by Crippen LogP contribution is -1.89. The third kappa shape index (κ3) is 23.9. The summed E-state index contributed by atoms with van der Waals surface area (Å²) >= 11 is 0. The van der Waals surface area contributed by atoms with Crippen LogP contribution in [0.3, 0.4) is 0 Å². The molecule has 1 unspecified atom stereocenters. The minimum atomic E-state index is 0.636. The predicted molar refractivity (Wildman–Crippen MR) is 111 cm³/mol. The molecule has 0 aromatic carbocycles. The quantitative estimate of drug-likeness (QED) is 0.185. The molecule has 152 valence electrons. The predicted octanol–water partition coefficient (Wildman–Crippen LogP) is 7.69. The molecule has 1 aliphatic rings. The van der Waals surface area contributed by atoms with Gasteiger partial charge in [0.1, 0.15) is 0 Å². The summed E-state index contributed by atoms with van der Waals surface area (Å²) in [6.45, 7) is 6.50. The zero-order chi connectivity index (χ0) is 18.4. The highest BCUT2D eigenvalue weighted by Gasteiger charge is 2.20. The van der Waals surface area contributed by atoms with Gasteiger partial charge < -0.3 is 9.47 Å². The normalized spacial score (nSPS) is 15.7. The van der Waals surface area contributed by atoms with Gasteiger partial charge in [0.15, 0.2) is 0 Å². The second kappa shape index (κ2) is 22.0. The van der Waals surface area contributed by atoms with Crippen LogP contribution >= 0.6 is 0 Å².